The van der Waals surface area contributed by atoms with Gasteiger partial charge in [0.2, 0.25) is 0 Å². The van der Waals surface area contributed by atoms with Gasteiger partial charge in [-0.2, -0.15) is 5.26 Å². The van der Waals surface area contributed by atoms with Crippen molar-refractivity contribution in [3.8, 4) is 6.07 Å². The number of carbonyl (C=O) groups excluding carboxylic acids is 2. The first-order valence-electron chi connectivity index (χ1n) is 11.8. The molecule has 7 heteroatoms. The first-order chi connectivity index (χ1) is 15.4. The van der Waals surface area contributed by atoms with Gasteiger partial charge in [-0.3, -0.25) is 9.59 Å². The first kappa shape index (κ1) is 23.4. The SMILES string of the molecule is COCOCCO[C@H]1[C@@H]2C=CC[C@H]3[C@@]2(CCOC(C)=O)CC(=O)C2[C@]13CCC[C@@]2(C)C#N. The molecule has 7 nitrogen and oxygen atoms in total. The van der Waals surface area contributed by atoms with E-state index in [1.54, 1.807) is 7.11 Å². The van der Waals surface area contributed by atoms with Crippen LogP contribution in [-0.2, 0) is 28.5 Å². The zero-order valence-corrected chi connectivity index (χ0v) is 19.4. The summed E-state index contributed by atoms with van der Waals surface area (Å²) in [5.74, 6) is -0.131. The molecule has 3 fully saturated rings. The lowest BCUT2D eigenvalue weighted by Crippen LogP contribution is -2.59. The van der Waals surface area contributed by atoms with E-state index in [4.69, 9.17) is 18.9 Å². The number of esters is 1. The highest BCUT2D eigenvalue weighted by Gasteiger charge is 2.76. The van der Waals surface area contributed by atoms with Gasteiger partial charge < -0.3 is 18.9 Å². The van der Waals surface area contributed by atoms with Crippen LogP contribution in [0.15, 0.2) is 12.2 Å². The van der Waals surface area contributed by atoms with Gasteiger partial charge in [-0.25, -0.2) is 0 Å². The predicted molar refractivity (Wildman–Crippen MR) is 115 cm³/mol. The second kappa shape index (κ2) is 8.89. The standard InChI is InChI=1S/C25H35NO6/c1-17(27)31-11-10-24-14-19(28)21-23(2,15-26)8-5-9-25(21)20(24)7-4-6-18(24)22(25)32-13-12-30-16-29-3/h4,6,18,20-22H,5,7-14,16H2,1-3H3/t18-,20-,21?,22-,23-,24-,25+/m0/s1. The van der Waals surface area contributed by atoms with E-state index in [2.05, 4.69) is 18.2 Å². The molecule has 0 aromatic carbocycles. The van der Waals surface area contributed by atoms with Crippen LogP contribution in [0.4, 0.5) is 0 Å². The molecule has 176 valence electrons. The van der Waals surface area contributed by atoms with Crippen LogP contribution in [0.25, 0.3) is 0 Å². The fourth-order valence-corrected chi connectivity index (χ4v) is 7.93. The lowest BCUT2D eigenvalue weighted by molar-refractivity contribution is -0.169. The lowest BCUT2D eigenvalue weighted by Gasteiger charge is -2.58. The zero-order chi connectivity index (χ0) is 23.0. The third kappa shape index (κ3) is 3.43. The van der Waals surface area contributed by atoms with E-state index in [1.165, 1.54) is 6.92 Å². The predicted octanol–water partition coefficient (Wildman–Crippen LogP) is 3.43. The van der Waals surface area contributed by atoms with Crippen molar-refractivity contribution >= 4 is 11.8 Å². The van der Waals surface area contributed by atoms with Gasteiger partial charge in [0.05, 0.1) is 37.4 Å². The van der Waals surface area contributed by atoms with Crippen LogP contribution < -0.4 is 0 Å². The smallest absolute Gasteiger partial charge is 0.302 e. The molecular weight excluding hydrogens is 410 g/mol. The number of Topliss-reactive ketones (excluding diaryl/α,β-unsaturated/α-hetero) is 1. The maximum atomic E-state index is 13.8. The summed E-state index contributed by atoms with van der Waals surface area (Å²) in [7, 11) is 1.58. The molecule has 1 spiro atoms. The summed E-state index contributed by atoms with van der Waals surface area (Å²) in [5.41, 5.74) is -1.34. The van der Waals surface area contributed by atoms with E-state index in [-0.39, 0.29) is 53.2 Å². The van der Waals surface area contributed by atoms with Gasteiger partial charge in [0.1, 0.15) is 12.6 Å². The van der Waals surface area contributed by atoms with Gasteiger partial charge in [0, 0.05) is 37.7 Å². The van der Waals surface area contributed by atoms with Gasteiger partial charge in [0.25, 0.3) is 0 Å². The van der Waals surface area contributed by atoms with E-state index in [1.807, 2.05) is 6.92 Å². The summed E-state index contributed by atoms with van der Waals surface area (Å²) >= 11 is 0. The Morgan fingerprint density at radius 1 is 1.28 bits per heavy atom. The molecule has 0 radical (unpaired) electrons. The number of hydrogen-bond donors (Lipinski definition) is 0. The van der Waals surface area contributed by atoms with Gasteiger partial charge in [-0.05, 0) is 43.9 Å². The van der Waals surface area contributed by atoms with Crippen molar-refractivity contribution in [1.29, 1.82) is 5.26 Å². The molecule has 0 aromatic heterocycles. The topological polar surface area (TPSA) is 94.8 Å². The molecule has 4 aliphatic rings. The van der Waals surface area contributed by atoms with Crippen molar-refractivity contribution in [2.45, 2.75) is 58.5 Å². The minimum Gasteiger partial charge on any atom is -0.466 e. The van der Waals surface area contributed by atoms with Crippen molar-refractivity contribution in [2.24, 2.45) is 34.0 Å². The molecule has 32 heavy (non-hydrogen) atoms. The van der Waals surface area contributed by atoms with Crippen LogP contribution in [0.1, 0.15) is 52.4 Å². The van der Waals surface area contributed by atoms with Gasteiger partial charge >= 0.3 is 5.97 Å². The van der Waals surface area contributed by atoms with Crippen LogP contribution in [0.5, 0.6) is 0 Å². The summed E-state index contributed by atoms with van der Waals surface area (Å²) in [6, 6.07) is 2.54. The molecule has 0 aromatic rings. The molecule has 0 N–H and O–H groups in total. The molecule has 0 saturated heterocycles. The molecule has 4 rings (SSSR count). The molecule has 7 atom stereocenters. The number of hydrogen-bond acceptors (Lipinski definition) is 7. The van der Waals surface area contributed by atoms with E-state index >= 15 is 0 Å². The molecular formula is C25H35NO6. The van der Waals surface area contributed by atoms with Crippen LogP contribution >= 0.6 is 0 Å². The maximum Gasteiger partial charge on any atom is 0.302 e. The van der Waals surface area contributed by atoms with Crippen molar-refractivity contribution < 1.29 is 28.5 Å². The number of carbonyl (C=O) groups is 2. The minimum absolute atomic E-state index is 0.0641. The summed E-state index contributed by atoms with van der Waals surface area (Å²) in [6.07, 6.45) is 8.81. The fraction of sp³-hybridized carbons (Fsp3) is 0.800. The highest BCUT2D eigenvalue weighted by atomic mass is 16.7. The van der Waals surface area contributed by atoms with E-state index in [0.29, 0.717) is 32.7 Å². The van der Waals surface area contributed by atoms with Crippen molar-refractivity contribution in [3.63, 3.8) is 0 Å². The average Bonchev–Trinajstić information content (AvgIpc) is 2.85. The Bertz CT molecular complexity index is 820. The number of allylic oxidation sites excluding steroid dienone is 1. The molecule has 4 bridgehead atoms. The van der Waals surface area contributed by atoms with Gasteiger partial charge in [-0.15, -0.1) is 0 Å². The van der Waals surface area contributed by atoms with Crippen molar-refractivity contribution in [2.75, 3.05) is 33.7 Å². The number of ether oxygens (including phenoxy) is 4. The number of nitrogens with zero attached hydrogens (tertiary/aromatic N) is 1. The Hall–Kier alpha value is -1.75. The number of methoxy groups -OCH3 is 1. The fourth-order valence-electron chi connectivity index (χ4n) is 7.93. The lowest BCUT2D eigenvalue weighted by atomic mass is 9.44. The normalized spacial score (nSPS) is 41.8. The minimum atomic E-state index is -0.678. The van der Waals surface area contributed by atoms with Crippen molar-refractivity contribution in [3.05, 3.63) is 12.2 Å². The molecule has 0 amide bonds. The Morgan fingerprint density at radius 3 is 2.81 bits per heavy atom. The van der Waals surface area contributed by atoms with Gasteiger partial charge in [-0.1, -0.05) is 18.6 Å². The molecule has 1 unspecified atom stereocenters. The second-order valence-electron chi connectivity index (χ2n) is 10.2. The van der Waals surface area contributed by atoms with Crippen LogP contribution in [0, 0.1) is 45.3 Å². The molecule has 3 saturated carbocycles. The average molecular weight is 446 g/mol. The quantitative estimate of drug-likeness (QED) is 0.232. The highest BCUT2D eigenvalue weighted by molar-refractivity contribution is 5.86. The molecule has 0 aliphatic heterocycles. The monoisotopic (exact) mass is 445 g/mol. The first-order valence-corrected chi connectivity index (χ1v) is 11.8. The Labute approximate surface area is 190 Å². The van der Waals surface area contributed by atoms with E-state index in [9.17, 15) is 14.9 Å². The second-order valence-corrected chi connectivity index (χ2v) is 10.2. The maximum absolute atomic E-state index is 13.8. The Morgan fingerprint density at radius 2 is 2.09 bits per heavy atom. The number of nitriles is 1. The van der Waals surface area contributed by atoms with Crippen LogP contribution in [-0.4, -0.2) is 51.6 Å². The summed E-state index contributed by atoms with van der Waals surface area (Å²) in [4.78, 5) is 25.2. The Balaban J connectivity index is 1.72. The third-order valence-corrected chi connectivity index (χ3v) is 8.74. The number of rotatable bonds is 9. The third-order valence-electron chi connectivity index (χ3n) is 8.74. The van der Waals surface area contributed by atoms with Crippen LogP contribution in [0.2, 0.25) is 0 Å². The Kier molecular flexibility index (Phi) is 6.50. The van der Waals surface area contributed by atoms with E-state index in [0.717, 1.165) is 25.7 Å². The largest absolute Gasteiger partial charge is 0.466 e. The van der Waals surface area contributed by atoms with Crippen molar-refractivity contribution in [1.82, 2.24) is 0 Å². The molecule has 0 heterocycles. The van der Waals surface area contributed by atoms with Gasteiger partial charge in [0.15, 0.2) is 0 Å². The van der Waals surface area contributed by atoms with Crippen LogP contribution in [0.3, 0.4) is 0 Å². The highest BCUT2D eigenvalue weighted by Crippen LogP contribution is 2.76. The summed E-state index contributed by atoms with van der Waals surface area (Å²) in [5, 5.41) is 10.1. The zero-order valence-electron chi connectivity index (χ0n) is 19.4. The summed E-state index contributed by atoms with van der Waals surface area (Å²) in [6.45, 7) is 4.74. The van der Waals surface area contributed by atoms with E-state index < -0.39 is 5.41 Å². The molecule has 4 aliphatic carbocycles. The number of ketones is 1. The summed E-state index contributed by atoms with van der Waals surface area (Å²) < 4.78 is 22.3.